The topological polar surface area (TPSA) is 86.0 Å². The molecule has 1 aliphatic rings. The minimum Gasteiger partial charge on any atom is -0.345 e. The highest BCUT2D eigenvalue weighted by atomic mass is 35.5. The number of anilines is 1. The Bertz CT molecular complexity index is 996. The first-order valence-corrected chi connectivity index (χ1v) is 9.06. The third-order valence-electron chi connectivity index (χ3n) is 4.42. The molecular weight excluding hydrogens is 387 g/mol. The zero-order valence-corrected chi connectivity index (χ0v) is 15.6. The average molecular weight is 403 g/mol. The highest BCUT2D eigenvalue weighted by Crippen LogP contribution is 2.30. The number of rotatable bonds is 5. The number of pyridine rings is 1. The van der Waals surface area contributed by atoms with Crippen LogP contribution in [0.25, 0.3) is 22.6 Å². The maximum Gasteiger partial charge on any atom is 0.223 e. The van der Waals surface area contributed by atoms with Crippen molar-refractivity contribution >= 4 is 23.6 Å². The van der Waals surface area contributed by atoms with Crippen molar-refractivity contribution in [3.63, 3.8) is 0 Å². The van der Waals surface area contributed by atoms with Crippen molar-refractivity contribution in [1.82, 2.24) is 25.2 Å². The molecule has 144 valence electrons. The van der Waals surface area contributed by atoms with Crippen LogP contribution in [0.2, 0.25) is 0 Å². The van der Waals surface area contributed by atoms with Crippen molar-refractivity contribution in [2.75, 3.05) is 17.3 Å². The van der Waals surface area contributed by atoms with Crippen molar-refractivity contribution < 1.29 is 13.9 Å². The Morgan fingerprint density at radius 1 is 1.36 bits per heavy atom. The lowest BCUT2D eigenvalue weighted by Crippen LogP contribution is -2.31. The number of carbonyl (C=O) groups is 1. The summed E-state index contributed by atoms with van der Waals surface area (Å²) in [4.78, 5) is 18.6. The van der Waals surface area contributed by atoms with Crippen molar-refractivity contribution in [3.8, 4) is 22.6 Å². The predicted octanol–water partition coefficient (Wildman–Crippen LogP) is 2.05. The fourth-order valence-electron chi connectivity index (χ4n) is 3.07. The van der Waals surface area contributed by atoms with E-state index in [1.165, 1.54) is 10.9 Å². The van der Waals surface area contributed by atoms with Crippen LogP contribution < -0.4 is 4.90 Å². The van der Waals surface area contributed by atoms with E-state index in [2.05, 4.69) is 20.4 Å². The van der Waals surface area contributed by atoms with Gasteiger partial charge in [-0.3, -0.25) is 9.78 Å². The molecule has 0 saturated carbocycles. The van der Waals surface area contributed by atoms with Gasteiger partial charge in [-0.1, -0.05) is 6.07 Å². The minimum atomic E-state index is -0.769. The van der Waals surface area contributed by atoms with Gasteiger partial charge in [0.2, 0.25) is 5.82 Å². The van der Waals surface area contributed by atoms with E-state index >= 15 is 0 Å². The number of ether oxygens (including phenoxy) is 1. The van der Waals surface area contributed by atoms with Crippen LogP contribution in [0.3, 0.4) is 0 Å². The predicted molar refractivity (Wildman–Crippen MR) is 100 cm³/mol. The summed E-state index contributed by atoms with van der Waals surface area (Å²) < 4.78 is 20.3. The average Bonchev–Trinajstić information content (AvgIpc) is 3.34. The van der Waals surface area contributed by atoms with Crippen molar-refractivity contribution in [2.45, 2.75) is 12.3 Å². The van der Waals surface area contributed by atoms with Gasteiger partial charge < -0.3 is 9.64 Å². The van der Waals surface area contributed by atoms with E-state index in [4.69, 9.17) is 16.3 Å². The molecule has 4 rings (SSSR count). The van der Waals surface area contributed by atoms with Crippen LogP contribution in [0.4, 0.5) is 10.1 Å². The first-order valence-electron chi connectivity index (χ1n) is 8.52. The smallest absolute Gasteiger partial charge is 0.223 e. The van der Waals surface area contributed by atoms with Gasteiger partial charge in [0.05, 0.1) is 19.0 Å². The Morgan fingerprint density at radius 3 is 2.82 bits per heavy atom. The van der Waals surface area contributed by atoms with Crippen LogP contribution >= 0.6 is 11.6 Å². The summed E-state index contributed by atoms with van der Waals surface area (Å²) in [6.07, 6.45) is 1.20. The highest BCUT2D eigenvalue weighted by Gasteiger charge is 2.32. The molecule has 2 unspecified atom stereocenters. The molecule has 28 heavy (non-hydrogen) atoms. The van der Waals surface area contributed by atoms with Crippen LogP contribution in [-0.4, -0.2) is 56.2 Å². The molecule has 0 N–H and O–H groups in total. The van der Waals surface area contributed by atoms with Crippen LogP contribution in [0.15, 0.2) is 36.5 Å². The molecular formula is C18H16ClFN6O2. The molecule has 3 aromatic rings. The Balaban J connectivity index is 1.59. The molecule has 1 aromatic carbocycles. The monoisotopic (exact) mass is 402 g/mol. The van der Waals surface area contributed by atoms with Gasteiger partial charge in [0, 0.05) is 29.6 Å². The molecule has 2 atom stereocenters. The van der Waals surface area contributed by atoms with Gasteiger partial charge in [0.25, 0.3) is 0 Å². The third-order valence-corrected chi connectivity index (χ3v) is 4.77. The number of aryl methyl sites for hydroxylation is 1. The fraction of sp³-hybridized carbons (Fsp3) is 0.278. The van der Waals surface area contributed by atoms with E-state index in [1.807, 2.05) is 0 Å². The Labute approximate surface area is 164 Å². The fourth-order valence-corrected chi connectivity index (χ4v) is 3.24. The maximum absolute atomic E-state index is 14.8. The molecule has 0 bridgehead atoms. The summed E-state index contributed by atoms with van der Waals surface area (Å²) in [6.45, 7) is 0.424. The maximum atomic E-state index is 14.8. The lowest BCUT2D eigenvalue weighted by atomic mass is 10.1. The van der Waals surface area contributed by atoms with E-state index in [9.17, 15) is 9.18 Å². The first kappa shape index (κ1) is 18.5. The molecule has 0 aliphatic carbocycles. The highest BCUT2D eigenvalue weighted by molar-refractivity contribution is 6.18. The van der Waals surface area contributed by atoms with Gasteiger partial charge in [0.15, 0.2) is 12.5 Å². The number of alkyl halides is 1. The molecule has 1 saturated heterocycles. The summed E-state index contributed by atoms with van der Waals surface area (Å²) in [7, 11) is 1.66. The molecule has 2 aromatic heterocycles. The van der Waals surface area contributed by atoms with E-state index in [0.717, 1.165) is 0 Å². The van der Waals surface area contributed by atoms with Gasteiger partial charge in [-0.2, -0.15) is 4.80 Å². The van der Waals surface area contributed by atoms with E-state index in [1.54, 1.807) is 42.4 Å². The second-order valence-corrected chi connectivity index (χ2v) is 6.60. The molecule has 3 heterocycles. The first-order chi connectivity index (χ1) is 13.6. The number of hydrogen-bond acceptors (Lipinski definition) is 7. The SMILES string of the molecule is Cn1nnc(-c2ccc(-c3ccc(N4CC(CCl)OC4C=O)cc3F)cn2)n1. The Morgan fingerprint density at radius 2 is 2.21 bits per heavy atom. The molecule has 0 amide bonds. The van der Waals surface area contributed by atoms with Crippen LogP contribution in [-0.2, 0) is 16.6 Å². The number of nitrogens with zero attached hydrogens (tertiary/aromatic N) is 6. The van der Waals surface area contributed by atoms with Crippen molar-refractivity contribution in [3.05, 3.63) is 42.3 Å². The number of benzene rings is 1. The molecule has 0 radical (unpaired) electrons. The van der Waals surface area contributed by atoms with Crippen LogP contribution in [0, 0.1) is 5.82 Å². The molecule has 1 fully saturated rings. The van der Waals surface area contributed by atoms with E-state index in [-0.39, 0.29) is 12.0 Å². The zero-order valence-electron chi connectivity index (χ0n) is 14.9. The number of halogens is 2. The summed E-state index contributed by atoms with van der Waals surface area (Å²) in [6, 6.07) is 8.23. The van der Waals surface area contributed by atoms with Crippen LogP contribution in [0.5, 0.6) is 0 Å². The Kier molecular flexibility index (Phi) is 5.01. The molecule has 1 aliphatic heterocycles. The summed E-state index contributed by atoms with van der Waals surface area (Å²) in [5.41, 5.74) is 2.11. The van der Waals surface area contributed by atoms with Gasteiger partial charge >= 0.3 is 0 Å². The molecule has 8 nitrogen and oxygen atoms in total. The molecule has 0 spiro atoms. The quantitative estimate of drug-likeness (QED) is 0.477. The summed E-state index contributed by atoms with van der Waals surface area (Å²) in [5.74, 6) is 0.233. The lowest BCUT2D eigenvalue weighted by molar-refractivity contribution is -0.116. The van der Waals surface area contributed by atoms with Crippen molar-refractivity contribution in [1.29, 1.82) is 0 Å². The van der Waals surface area contributed by atoms with E-state index < -0.39 is 12.0 Å². The summed E-state index contributed by atoms with van der Waals surface area (Å²) >= 11 is 5.81. The normalized spacial score (nSPS) is 19.2. The number of hydrogen-bond donors (Lipinski definition) is 0. The largest absolute Gasteiger partial charge is 0.345 e. The second-order valence-electron chi connectivity index (χ2n) is 6.29. The minimum absolute atomic E-state index is 0.264. The Hall–Kier alpha value is -2.91. The number of aldehydes is 1. The van der Waals surface area contributed by atoms with Gasteiger partial charge in [-0.05, 0) is 29.5 Å². The zero-order chi connectivity index (χ0) is 19.7. The molecule has 10 heteroatoms. The van der Waals surface area contributed by atoms with Crippen molar-refractivity contribution in [2.24, 2.45) is 7.05 Å². The van der Waals surface area contributed by atoms with Gasteiger partial charge in [-0.25, -0.2) is 4.39 Å². The summed E-state index contributed by atoms with van der Waals surface area (Å²) in [5, 5.41) is 11.8. The number of tetrazole rings is 1. The third kappa shape index (κ3) is 3.46. The van der Waals surface area contributed by atoms with Gasteiger partial charge in [0.1, 0.15) is 11.5 Å². The van der Waals surface area contributed by atoms with Gasteiger partial charge in [-0.15, -0.1) is 21.8 Å². The van der Waals surface area contributed by atoms with E-state index in [0.29, 0.717) is 41.2 Å². The standard InChI is InChI=1S/C18H16ClFN6O2/c1-25-23-18(22-24-25)16-5-2-11(8-21-16)14-4-3-12(6-15(14)20)26-9-13(7-19)28-17(26)10-27/h2-6,8,10,13,17H,7,9H2,1H3. The lowest BCUT2D eigenvalue weighted by Gasteiger charge is -2.21. The number of aromatic nitrogens is 5. The van der Waals surface area contributed by atoms with Crippen LogP contribution in [0.1, 0.15) is 0 Å². The second kappa shape index (κ2) is 7.61. The number of carbonyl (C=O) groups excluding carboxylic acids is 1.